The van der Waals surface area contributed by atoms with E-state index >= 15 is 0 Å². The lowest BCUT2D eigenvalue weighted by Gasteiger charge is -2.16. The molecule has 0 heterocycles. The average Bonchev–Trinajstić information content (AvgIpc) is 2.13. The Kier molecular flexibility index (Phi) is 4.66. The molecule has 5 nitrogen and oxygen atoms in total. The molecule has 0 fully saturated rings. The molecule has 1 rings (SSSR count). The van der Waals surface area contributed by atoms with Gasteiger partial charge in [-0.3, -0.25) is 0 Å². The van der Waals surface area contributed by atoms with Crippen LogP contribution in [0.5, 0.6) is 0 Å². The van der Waals surface area contributed by atoms with Gasteiger partial charge >= 0.3 is 0 Å². The zero-order chi connectivity index (χ0) is 13.9. The van der Waals surface area contributed by atoms with E-state index in [4.69, 9.17) is 10.8 Å². The van der Waals surface area contributed by atoms with Gasteiger partial charge < -0.3 is 10.8 Å². The van der Waals surface area contributed by atoms with E-state index in [1.54, 1.807) is 13.8 Å². The molecule has 2 atom stereocenters. The predicted octanol–water partition coefficient (Wildman–Crippen LogP) is 0.846. The summed E-state index contributed by atoms with van der Waals surface area (Å²) in [7, 11) is -4.03. The minimum Gasteiger partial charge on any atom is -0.398 e. The highest BCUT2D eigenvalue weighted by atomic mass is 32.2. The highest BCUT2D eigenvalue weighted by Crippen LogP contribution is 2.21. The van der Waals surface area contributed by atoms with E-state index in [2.05, 4.69) is 4.72 Å². The Labute approximate surface area is 106 Å². The van der Waals surface area contributed by atoms with Crippen LogP contribution in [0.15, 0.2) is 23.1 Å². The van der Waals surface area contributed by atoms with Crippen LogP contribution in [-0.4, -0.2) is 25.7 Å². The topological polar surface area (TPSA) is 92.4 Å². The van der Waals surface area contributed by atoms with Gasteiger partial charge in [0.2, 0.25) is 10.0 Å². The van der Waals surface area contributed by atoms with Gasteiger partial charge in [0.1, 0.15) is 10.7 Å². The van der Waals surface area contributed by atoms with Crippen molar-refractivity contribution >= 4 is 15.7 Å². The Bertz CT molecular complexity index is 497. The Morgan fingerprint density at radius 2 is 2.06 bits per heavy atom. The maximum Gasteiger partial charge on any atom is 0.245 e. The smallest absolute Gasteiger partial charge is 0.245 e. The van der Waals surface area contributed by atoms with Crippen molar-refractivity contribution in [3.63, 3.8) is 0 Å². The molecule has 0 bridgehead atoms. The second kappa shape index (κ2) is 5.64. The van der Waals surface area contributed by atoms with Gasteiger partial charge in [0.25, 0.3) is 0 Å². The molecule has 18 heavy (non-hydrogen) atoms. The van der Waals surface area contributed by atoms with Crippen LogP contribution in [0.3, 0.4) is 0 Å². The number of benzene rings is 1. The largest absolute Gasteiger partial charge is 0.398 e. The normalized spacial score (nSPS) is 15.3. The summed E-state index contributed by atoms with van der Waals surface area (Å²) in [5.74, 6) is -0.897. The number of nitrogen functional groups attached to an aromatic ring is 1. The quantitative estimate of drug-likeness (QED) is 0.695. The van der Waals surface area contributed by atoms with Crippen molar-refractivity contribution in [2.24, 2.45) is 0 Å². The van der Waals surface area contributed by atoms with Crippen molar-refractivity contribution in [2.75, 3.05) is 5.73 Å². The molecular weight excluding hydrogens is 259 g/mol. The van der Waals surface area contributed by atoms with E-state index in [1.165, 1.54) is 12.1 Å². The van der Waals surface area contributed by atoms with Crippen LogP contribution in [0.4, 0.5) is 10.1 Å². The molecule has 0 saturated heterocycles. The summed E-state index contributed by atoms with van der Waals surface area (Å²) in [4.78, 5) is -0.553. The number of anilines is 1. The zero-order valence-corrected chi connectivity index (χ0v) is 11.0. The van der Waals surface area contributed by atoms with E-state index in [0.717, 1.165) is 6.07 Å². The molecule has 0 aliphatic carbocycles. The third kappa shape index (κ3) is 3.66. The molecule has 2 unspecified atom stereocenters. The molecule has 1 aromatic carbocycles. The summed E-state index contributed by atoms with van der Waals surface area (Å²) in [6.45, 7) is 3.13. The maximum absolute atomic E-state index is 13.5. The number of halogens is 1. The first-order valence-electron chi connectivity index (χ1n) is 5.48. The fourth-order valence-corrected chi connectivity index (χ4v) is 3.14. The van der Waals surface area contributed by atoms with E-state index in [-0.39, 0.29) is 12.1 Å². The van der Waals surface area contributed by atoms with Crippen LogP contribution < -0.4 is 10.5 Å². The summed E-state index contributed by atoms with van der Waals surface area (Å²) in [5, 5.41) is 9.17. The van der Waals surface area contributed by atoms with Gasteiger partial charge in [-0.05, 0) is 32.4 Å². The Balaban J connectivity index is 3.00. The third-order valence-electron chi connectivity index (χ3n) is 2.32. The van der Waals surface area contributed by atoms with Crippen molar-refractivity contribution < 1.29 is 17.9 Å². The summed E-state index contributed by atoms with van der Waals surface area (Å²) in [5.41, 5.74) is 5.33. The number of hydrogen-bond donors (Lipinski definition) is 3. The SMILES string of the molecule is CC(O)CC(C)NS(=O)(=O)c1c(N)cccc1F. The third-order valence-corrected chi connectivity index (χ3v) is 4.00. The average molecular weight is 276 g/mol. The van der Waals surface area contributed by atoms with Crippen molar-refractivity contribution in [3.05, 3.63) is 24.0 Å². The fourth-order valence-electron chi connectivity index (χ4n) is 1.69. The molecule has 102 valence electrons. The van der Waals surface area contributed by atoms with Crippen LogP contribution in [0.2, 0.25) is 0 Å². The standard InChI is InChI=1S/C11H17FN2O3S/c1-7(6-8(2)15)14-18(16,17)11-9(12)4-3-5-10(11)13/h3-5,7-8,14-15H,6,13H2,1-2H3. The van der Waals surface area contributed by atoms with Crippen molar-refractivity contribution in [1.82, 2.24) is 4.72 Å². The summed E-state index contributed by atoms with van der Waals surface area (Å²) < 4.78 is 39.7. The lowest BCUT2D eigenvalue weighted by molar-refractivity contribution is 0.175. The maximum atomic E-state index is 13.5. The second-order valence-corrected chi connectivity index (χ2v) is 5.92. The van der Waals surface area contributed by atoms with Crippen molar-refractivity contribution in [3.8, 4) is 0 Å². The van der Waals surface area contributed by atoms with Gasteiger partial charge in [0.15, 0.2) is 0 Å². The lowest BCUT2D eigenvalue weighted by atomic mass is 10.2. The van der Waals surface area contributed by atoms with Crippen LogP contribution in [0.25, 0.3) is 0 Å². The molecular formula is C11H17FN2O3S. The van der Waals surface area contributed by atoms with Gasteiger partial charge in [-0.1, -0.05) is 6.07 Å². The number of rotatable bonds is 5. The summed E-state index contributed by atoms with van der Waals surface area (Å²) in [6, 6.07) is 3.17. The van der Waals surface area contributed by atoms with Crippen LogP contribution in [0.1, 0.15) is 20.3 Å². The van der Waals surface area contributed by atoms with E-state index in [9.17, 15) is 12.8 Å². The monoisotopic (exact) mass is 276 g/mol. The first-order chi connectivity index (χ1) is 8.24. The molecule has 4 N–H and O–H groups in total. The van der Waals surface area contributed by atoms with Gasteiger partial charge in [0, 0.05) is 6.04 Å². The molecule has 0 aliphatic heterocycles. The van der Waals surface area contributed by atoms with E-state index in [0.29, 0.717) is 0 Å². The first kappa shape index (κ1) is 14.9. The Hall–Kier alpha value is -1.18. The molecule has 0 saturated carbocycles. The zero-order valence-electron chi connectivity index (χ0n) is 10.2. The van der Waals surface area contributed by atoms with Crippen LogP contribution in [-0.2, 0) is 10.0 Å². The number of nitrogens with one attached hydrogen (secondary N) is 1. The minimum absolute atomic E-state index is 0.147. The van der Waals surface area contributed by atoms with Gasteiger partial charge in [-0.25, -0.2) is 17.5 Å². The predicted molar refractivity (Wildman–Crippen MR) is 66.9 cm³/mol. The van der Waals surface area contributed by atoms with E-state index < -0.39 is 32.9 Å². The Morgan fingerprint density at radius 1 is 1.44 bits per heavy atom. The number of hydrogen-bond acceptors (Lipinski definition) is 4. The van der Waals surface area contributed by atoms with E-state index in [1.807, 2.05) is 0 Å². The van der Waals surface area contributed by atoms with Crippen molar-refractivity contribution in [1.29, 1.82) is 0 Å². The fraction of sp³-hybridized carbons (Fsp3) is 0.455. The molecule has 7 heteroatoms. The number of sulfonamides is 1. The van der Waals surface area contributed by atoms with Crippen LogP contribution >= 0.6 is 0 Å². The number of aliphatic hydroxyl groups is 1. The molecule has 0 radical (unpaired) electrons. The van der Waals surface area contributed by atoms with Crippen LogP contribution in [0, 0.1) is 5.82 Å². The van der Waals surface area contributed by atoms with Gasteiger partial charge in [-0.15, -0.1) is 0 Å². The first-order valence-corrected chi connectivity index (χ1v) is 6.96. The number of nitrogens with two attached hydrogens (primary N) is 1. The van der Waals surface area contributed by atoms with Gasteiger partial charge in [0.05, 0.1) is 11.8 Å². The molecule has 0 amide bonds. The second-order valence-electron chi connectivity index (χ2n) is 4.27. The molecule has 0 aromatic heterocycles. The summed E-state index contributed by atoms with van der Waals surface area (Å²) in [6.07, 6.45) is -0.422. The van der Waals surface area contributed by atoms with Crippen molar-refractivity contribution in [2.45, 2.75) is 37.3 Å². The lowest BCUT2D eigenvalue weighted by Crippen LogP contribution is -2.35. The molecule has 1 aromatic rings. The molecule has 0 spiro atoms. The molecule has 0 aliphatic rings. The summed E-state index contributed by atoms with van der Waals surface area (Å²) >= 11 is 0. The number of aliphatic hydroxyl groups excluding tert-OH is 1. The Morgan fingerprint density at radius 3 is 2.56 bits per heavy atom. The van der Waals surface area contributed by atoms with Gasteiger partial charge in [-0.2, -0.15) is 0 Å². The highest BCUT2D eigenvalue weighted by Gasteiger charge is 2.24. The minimum atomic E-state index is -4.03. The highest BCUT2D eigenvalue weighted by molar-refractivity contribution is 7.89.